The largest absolute Gasteiger partial charge is 0.311 e. The molecule has 1 aromatic carbocycles. The molecule has 1 N–H and O–H groups in total. The molecular formula is C11H11F2N5O2. The van der Waals surface area contributed by atoms with Crippen molar-refractivity contribution in [3.8, 4) is 5.69 Å². The maximum absolute atomic E-state index is 13.7. The Labute approximate surface area is 112 Å². The van der Waals surface area contributed by atoms with E-state index in [4.69, 9.17) is 0 Å². The van der Waals surface area contributed by atoms with Gasteiger partial charge >= 0.3 is 5.69 Å². The van der Waals surface area contributed by atoms with Crippen molar-refractivity contribution >= 4 is 5.69 Å². The van der Waals surface area contributed by atoms with Crippen LogP contribution in [0, 0.1) is 21.7 Å². The fraction of sp³-hybridized carbons (Fsp3) is 0.273. The summed E-state index contributed by atoms with van der Waals surface area (Å²) in [6.07, 6.45) is 1.42. The Morgan fingerprint density at radius 2 is 2.15 bits per heavy atom. The molecule has 0 aliphatic rings. The zero-order chi connectivity index (χ0) is 14.7. The molecule has 2 rings (SSSR count). The maximum atomic E-state index is 13.7. The van der Waals surface area contributed by atoms with Crippen molar-refractivity contribution in [1.82, 2.24) is 20.3 Å². The minimum absolute atomic E-state index is 0.228. The highest BCUT2D eigenvalue weighted by atomic mass is 19.1. The fourth-order valence-corrected chi connectivity index (χ4v) is 1.59. The molecule has 0 radical (unpaired) electrons. The van der Waals surface area contributed by atoms with E-state index >= 15 is 0 Å². The summed E-state index contributed by atoms with van der Waals surface area (Å²) in [5, 5.41) is 21.1. The molecule has 106 valence electrons. The number of nitrogens with zero attached hydrogens (tertiary/aromatic N) is 4. The monoisotopic (exact) mass is 283 g/mol. The Morgan fingerprint density at radius 3 is 2.80 bits per heavy atom. The Hall–Kier alpha value is -2.42. The van der Waals surface area contributed by atoms with Crippen LogP contribution in [-0.2, 0) is 6.54 Å². The van der Waals surface area contributed by atoms with Gasteiger partial charge in [-0.15, -0.1) is 5.10 Å². The van der Waals surface area contributed by atoms with Crippen molar-refractivity contribution in [1.29, 1.82) is 0 Å². The van der Waals surface area contributed by atoms with Gasteiger partial charge in [0.05, 0.1) is 16.8 Å². The molecule has 0 fully saturated rings. The van der Waals surface area contributed by atoms with Crippen LogP contribution >= 0.6 is 0 Å². The molecule has 0 saturated carbocycles. The Bertz CT molecular complexity index is 644. The van der Waals surface area contributed by atoms with Gasteiger partial charge in [-0.2, -0.15) is 4.39 Å². The lowest BCUT2D eigenvalue weighted by Gasteiger charge is -2.02. The van der Waals surface area contributed by atoms with E-state index in [2.05, 4.69) is 15.6 Å². The van der Waals surface area contributed by atoms with E-state index in [0.29, 0.717) is 18.3 Å². The molecule has 1 heterocycles. The van der Waals surface area contributed by atoms with Gasteiger partial charge in [0.25, 0.3) is 0 Å². The van der Waals surface area contributed by atoms with E-state index in [1.807, 2.05) is 6.92 Å². The van der Waals surface area contributed by atoms with Crippen LogP contribution in [0.25, 0.3) is 5.69 Å². The summed E-state index contributed by atoms with van der Waals surface area (Å²) in [7, 11) is 0. The molecule has 0 aliphatic heterocycles. The summed E-state index contributed by atoms with van der Waals surface area (Å²) >= 11 is 0. The Morgan fingerprint density at radius 1 is 1.40 bits per heavy atom. The first-order valence-corrected chi connectivity index (χ1v) is 5.78. The van der Waals surface area contributed by atoms with Crippen molar-refractivity contribution in [3.63, 3.8) is 0 Å². The van der Waals surface area contributed by atoms with Gasteiger partial charge in [0, 0.05) is 18.7 Å². The molecule has 7 nitrogen and oxygen atoms in total. The van der Waals surface area contributed by atoms with Crippen LogP contribution in [0.15, 0.2) is 18.3 Å². The van der Waals surface area contributed by atoms with Crippen molar-refractivity contribution in [2.75, 3.05) is 6.54 Å². The average Bonchev–Trinajstić information content (AvgIpc) is 2.84. The number of aromatic nitrogens is 3. The Balaban J connectivity index is 2.39. The van der Waals surface area contributed by atoms with E-state index in [1.54, 1.807) is 0 Å². The van der Waals surface area contributed by atoms with Gasteiger partial charge in [0.1, 0.15) is 5.69 Å². The number of hydrogen-bond donors (Lipinski definition) is 1. The number of nitro benzene ring substituents is 1. The van der Waals surface area contributed by atoms with Gasteiger partial charge in [-0.25, -0.2) is 9.07 Å². The molecular weight excluding hydrogens is 272 g/mol. The normalized spacial score (nSPS) is 10.8. The number of nitro groups is 1. The van der Waals surface area contributed by atoms with Gasteiger partial charge in [-0.3, -0.25) is 10.1 Å². The molecule has 0 saturated heterocycles. The lowest BCUT2D eigenvalue weighted by Crippen LogP contribution is -2.11. The molecule has 0 amide bonds. The molecule has 9 heteroatoms. The van der Waals surface area contributed by atoms with Crippen LogP contribution in [0.5, 0.6) is 0 Å². The summed E-state index contributed by atoms with van der Waals surface area (Å²) in [5.74, 6) is -2.18. The van der Waals surface area contributed by atoms with E-state index in [9.17, 15) is 18.9 Å². The van der Waals surface area contributed by atoms with Crippen LogP contribution in [0.4, 0.5) is 14.5 Å². The number of rotatable bonds is 5. The van der Waals surface area contributed by atoms with Crippen LogP contribution < -0.4 is 5.32 Å². The lowest BCUT2D eigenvalue weighted by atomic mass is 10.2. The van der Waals surface area contributed by atoms with Crippen molar-refractivity contribution in [3.05, 3.63) is 45.8 Å². The number of benzene rings is 1. The lowest BCUT2D eigenvalue weighted by molar-refractivity contribution is -0.387. The molecule has 0 spiro atoms. The first-order chi connectivity index (χ1) is 9.52. The summed E-state index contributed by atoms with van der Waals surface area (Å²) in [4.78, 5) is 9.73. The van der Waals surface area contributed by atoms with Gasteiger partial charge < -0.3 is 5.32 Å². The third-order valence-corrected chi connectivity index (χ3v) is 2.56. The summed E-state index contributed by atoms with van der Waals surface area (Å²) in [6.45, 7) is 3.07. The highest BCUT2D eigenvalue weighted by Crippen LogP contribution is 2.23. The second kappa shape index (κ2) is 5.70. The van der Waals surface area contributed by atoms with Crippen LogP contribution in [0.1, 0.15) is 12.6 Å². The van der Waals surface area contributed by atoms with Gasteiger partial charge in [0.15, 0.2) is 5.82 Å². The summed E-state index contributed by atoms with van der Waals surface area (Å²) in [6, 6.07) is 1.25. The Kier molecular flexibility index (Phi) is 3.99. The number of halogens is 2. The molecule has 0 aliphatic carbocycles. The quantitative estimate of drug-likeness (QED) is 0.664. The molecule has 0 unspecified atom stereocenters. The van der Waals surface area contributed by atoms with Crippen molar-refractivity contribution in [2.24, 2.45) is 0 Å². The van der Waals surface area contributed by atoms with Gasteiger partial charge in [-0.05, 0) is 6.54 Å². The molecule has 2 aromatic rings. The zero-order valence-electron chi connectivity index (χ0n) is 10.5. The predicted octanol–water partition coefficient (Wildman–Crippen LogP) is 1.56. The molecule has 0 bridgehead atoms. The molecule has 0 atom stereocenters. The van der Waals surface area contributed by atoms with E-state index < -0.39 is 22.2 Å². The SMILES string of the molecule is CCNCc1cn(-c2cc([N+](=O)[O-])c(F)cc2F)nn1. The smallest absolute Gasteiger partial charge is 0.307 e. The van der Waals surface area contributed by atoms with E-state index in [-0.39, 0.29) is 5.69 Å². The van der Waals surface area contributed by atoms with Gasteiger partial charge in [-0.1, -0.05) is 12.1 Å². The van der Waals surface area contributed by atoms with E-state index in [1.165, 1.54) is 6.20 Å². The number of hydrogen-bond acceptors (Lipinski definition) is 5. The summed E-state index contributed by atoms with van der Waals surface area (Å²) < 4.78 is 27.9. The first-order valence-electron chi connectivity index (χ1n) is 5.78. The van der Waals surface area contributed by atoms with Crippen LogP contribution in [0.3, 0.4) is 0 Å². The fourth-order valence-electron chi connectivity index (χ4n) is 1.59. The van der Waals surface area contributed by atoms with Crippen molar-refractivity contribution < 1.29 is 13.7 Å². The zero-order valence-corrected chi connectivity index (χ0v) is 10.5. The minimum Gasteiger partial charge on any atom is -0.311 e. The van der Waals surface area contributed by atoms with Crippen LogP contribution in [0.2, 0.25) is 0 Å². The van der Waals surface area contributed by atoms with Gasteiger partial charge in [0.2, 0.25) is 5.82 Å². The highest BCUT2D eigenvalue weighted by molar-refractivity contribution is 5.45. The number of nitrogens with one attached hydrogen (secondary N) is 1. The van der Waals surface area contributed by atoms with E-state index in [0.717, 1.165) is 17.3 Å². The second-order valence-corrected chi connectivity index (χ2v) is 3.95. The average molecular weight is 283 g/mol. The second-order valence-electron chi connectivity index (χ2n) is 3.95. The van der Waals surface area contributed by atoms with Crippen LogP contribution in [-0.4, -0.2) is 26.5 Å². The maximum Gasteiger partial charge on any atom is 0.307 e. The third kappa shape index (κ3) is 2.77. The highest BCUT2D eigenvalue weighted by Gasteiger charge is 2.20. The predicted molar refractivity (Wildman–Crippen MR) is 65.3 cm³/mol. The summed E-state index contributed by atoms with van der Waals surface area (Å²) in [5.41, 5.74) is -0.503. The topological polar surface area (TPSA) is 85.9 Å². The standard InChI is InChI=1S/C11H11F2N5O2/c1-2-14-5-7-6-17(16-15-7)10-4-11(18(19)20)9(13)3-8(10)12/h3-4,6,14H,2,5H2,1H3. The van der Waals surface area contributed by atoms with Crippen molar-refractivity contribution in [2.45, 2.75) is 13.5 Å². The molecule has 1 aromatic heterocycles. The third-order valence-electron chi connectivity index (χ3n) is 2.56. The minimum atomic E-state index is -1.23. The first kappa shape index (κ1) is 14.0. The molecule has 20 heavy (non-hydrogen) atoms.